The summed E-state index contributed by atoms with van der Waals surface area (Å²) in [6.45, 7) is 5.21. The molecule has 6 atom stereocenters. The molecule has 3 saturated heterocycles. The predicted molar refractivity (Wildman–Crippen MR) is 110 cm³/mol. The number of likely N-dealkylation sites (N-methyl/N-ethyl adjacent to an activating group) is 1. The summed E-state index contributed by atoms with van der Waals surface area (Å²) in [5, 5.41) is 3.62. The van der Waals surface area contributed by atoms with Crippen LogP contribution in [0.15, 0.2) is 0 Å². The van der Waals surface area contributed by atoms with E-state index in [0.29, 0.717) is 38.2 Å². The van der Waals surface area contributed by atoms with Crippen molar-refractivity contribution in [1.29, 1.82) is 0 Å². The lowest BCUT2D eigenvalue weighted by Gasteiger charge is -2.37. The van der Waals surface area contributed by atoms with Gasteiger partial charge in [0, 0.05) is 51.3 Å². The van der Waals surface area contributed by atoms with Crippen LogP contribution < -0.4 is 16.2 Å². The van der Waals surface area contributed by atoms with E-state index >= 15 is 0 Å². The van der Waals surface area contributed by atoms with Crippen LogP contribution in [0, 0.1) is 11.8 Å². The maximum Gasteiger partial charge on any atom is 0.241 e. The van der Waals surface area contributed by atoms with Gasteiger partial charge in [0.25, 0.3) is 0 Å². The maximum absolute atomic E-state index is 13.3. The first-order chi connectivity index (χ1) is 14.1. The van der Waals surface area contributed by atoms with Gasteiger partial charge in [-0.3, -0.25) is 15.0 Å². The van der Waals surface area contributed by atoms with Gasteiger partial charge in [-0.25, -0.2) is 5.43 Å². The zero-order chi connectivity index (χ0) is 20.4. The van der Waals surface area contributed by atoms with Gasteiger partial charge < -0.3 is 19.9 Å². The molecule has 0 aromatic carbocycles. The number of methoxy groups -OCH3 is 1. The number of likely N-dealkylation sites (tertiary alicyclic amines) is 1. The third-order valence-corrected chi connectivity index (χ3v) is 7.51. The van der Waals surface area contributed by atoms with Crippen molar-refractivity contribution in [3.8, 4) is 0 Å². The highest BCUT2D eigenvalue weighted by Crippen LogP contribution is 2.34. The first kappa shape index (κ1) is 21.0. The van der Waals surface area contributed by atoms with E-state index in [1.807, 2.05) is 16.7 Å². The van der Waals surface area contributed by atoms with Gasteiger partial charge in [0.15, 0.2) is 0 Å². The Balaban J connectivity index is 1.37. The molecule has 4 aliphatic rings. The summed E-state index contributed by atoms with van der Waals surface area (Å²) in [5.74, 6) is 1.12. The number of hydrazine groups is 1. The number of fused-ring (bicyclic) bond motifs is 2. The molecule has 4 fully saturated rings. The van der Waals surface area contributed by atoms with Crippen molar-refractivity contribution < 1.29 is 14.3 Å². The number of amides is 2. The van der Waals surface area contributed by atoms with Crippen LogP contribution in [0.1, 0.15) is 45.4 Å². The van der Waals surface area contributed by atoms with E-state index in [9.17, 15) is 9.59 Å². The topological polar surface area (TPSA) is 85.9 Å². The van der Waals surface area contributed by atoms with Crippen LogP contribution in [-0.2, 0) is 14.3 Å². The summed E-state index contributed by atoms with van der Waals surface area (Å²) >= 11 is 0. The van der Waals surface area contributed by atoms with Crippen LogP contribution in [0.2, 0.25) is 0 Å². The highest BCUT2D eigenvalue weighted by molar-refractivity contribution is 5.84. The van der Waals surface area contributed by atoms with Gasteiger partial charge in [-0.15, -0.1) is 0 Å². The minimum Gasteiger partial charge on any atom is -0.383 e. The van der Waals surface area contributed by atoms with E-state index in [4.69, 9.17) is 4.74 Å². The number of hydrogen-bond donors (Lipinski definition) is 3. The SMILES string of the molecule is CCN(CCOC)C(=O)C1NNC2CCN(C(=O)C3CC4CCCCC4N3)CC21. The first-order valence-electron chi connectivity index (χ1n) is 11.5. The Kier molecular flexibility index (Phi) is 6.73. The molecule has 4 rings (SSSR count). The number of nitrogens with one attached hydrogen (secondary N) is 3. The fourth-order valence-corrected chi connectivity index (χ4v) is 5.80. The lowest BCUT2D eigenvalue weighted by atomic mass is 9.84. The van der Waals surface area contributed by atoms with Crippen LogP contribution in [0.4, 0.5) is 0 Å². The molecule has 164 valence electrons. The van der Waals surface area contributed by atoms with Gasteiger partial charge in [-0.2, -0.15) is 0 Å². The van der Waals surface area contributed by atoms with Crippen molar-refractivity contribution in [3.63, 3.8) is 0 Å². The summed E-state index contributed by atoms with van der Waals surface area (Å²) < 4.78 is 5.15. The Morgan fingerprint density at radius 1 is 1.14 bits per heavy atom. The predicted octanol–water partition coefficient (Wildman–Crippen LogP) is 0.0955. The van der Waals surface area contributed by atoms with Gasteiger partial charge in [-0.1, -0.05) is 12.8 Å². The molecule has 1 aliphatic carbocycles. The Bertz CT molecular complexity index is 589. The fourth-order valence-electron chi connectivity index (χ4n) is 5.80. The number of nitrogens with zero attached hydrogens (tertiary/aromatic N) is 2. The second-order valence-corrected chi connectivity index (χ2v) is 9.13. The smallest absolute Gasteiger partial charge is 0.241 e. The monoisotopic (exact) mass is 407 g/mol. The average Bonchev–Trinajstić information content (AvgIpc) is 3.37. The Morgan fingerprint density at radius 2 is 1.97 bits per heavy atom. The van der Waals surface area contributed by atoms with Gasteiger partial charge in [0.1, 0.15) is 6.04 Å². The van der Waals surface area contributed by atoms with Crippen LogP contribution >= 0.6 is 0 Å². The molecule has 3 heterocycles. The molecule has 0 aromatic rings. The van der Waals surface area contributed by atoms with E-state index < -0.39 is 0 Å². The van der Waals surface area contributed by atoms with Crippen molar-refractivity contribution in [2.75, 3.05) is 39.9 Å². The molecule has 6 unspecified atom stereocenters. The molecule has 29 heavy (non-hydrogen) atoms. The molecule has 3 N–H and O–H groups in total. The fraction of sp³-hybridized carbons (Fsp3) is 0.905. The van der Waals surface area contributed by atoms with E-state index in [0.717, 1.165) is 19.4 Å². The number of hydrogen-bond acceptors (Lipinski definition) is 6. The van der Waals surface area contributed by atoms with Gasteiger partial charge >= 0.3 is 0 Å². The van der Waals surface area contributed by atoms with Crippen molar-refractivity contribution in [2.45, 2.75) is 69.6 Å². The second kappa shape index (κ2) is 9.29. The van der Waals surface area contributed by atoms with E-state index in [1.54, 1.807) is 7.11 Å². The number of ether oxygens (including phenoxy) is 1. The number of carbonyl (C=O) groups is 2. The van der Waals surface area contributed by atoms with E-state index in [-0.39, 0.29) is 35.9 Å². The Hall–Kier alpha value is -1.22. The molecule has 8 nitrogen and oxygen atoms in total. The highest BCUT2D eigenvalue weighted by atomic mass is 16.5. The summed E-state index contributed by atoms with van der Waals surface area (Å²) in [7, 11) is 1.65. The standard InChI is InChI=1S/C21H37N5O3/c1-3-25(10-11-29-2)21(28)19-15-13-26(9-8-17(15)23-24-19)20(27)18-12-14-6-4-5-7-16(14)22-18/h14-19,22-24H,3-13H2,1-2H3. The minimum atomic E-state index is -0.286. The van der Waals surface area contributed by atoms with Crippen LogP contribution in [0.25, 0.3) is 0 Å². The summed E-state index contributed by atoms with van der Waals surface area (Å²) in [5.41, 5.74) is 6.54. The third-order valence-electron chi connectivity index (χ3n) is 7.51. The molecule has 0 aromatic heterocycles. The average molecular weight is 408 g/mol. The zero-order valence-corrected chi connectivity index (χ0v) is 17.9. The van der Waals surface area contributed by atoms with Gasteiger partial charge in [-0.05, 0) is 38.5 Å². The quantitative estimate of drug-likeness (QED) is 0.579. The number of piperidine rings is 1. The first-order valence-corrected chi connectivity index (χ1v) is 11.5. The van der Waals surface area contributed by atoms with Crippen molar-refractivity contribution in [2.24, 2.45) is 11.8 Å². The molecule has 2 amide bonds. The molecule has 3 aliphatic heterocycles. The Morgan fingerprint density at radius 3 is 2.72 bits per heavy atom. The molecule has 1 saturated carbocycles. The Labute approximate surface area is 174 Å². The summed E-state index contributed by atoms with van der Waals surface area (Å²) in [6.07, 6.45) is 6.91. The molecular formula is C21H37N5O3. The number of rotatable bonds is 6. The van der Waals surface area contributed by atoms with Crippen LogP contribution in [0.5, 0.6) is 0 Å². The highest BCUT2D eigenvalue weighted by Gasteiger charge is 2.47. The molecule has 0 spiro atoms. The minimum absolute atomic E-state index is 0.0371. The van der Waals surface area contributed by atoms with Crippen LogP contribution in [0.3, 0.4) is 0 Å². The van der Waals surface area contributed by atoms with Gasteiger partial charge in [0.2, 0.25) is 11.8 Å². The van der Waals surface area contributed by atoms with Gasteiger partial charge in [0.05, 0.1) is 12.6 Å². The number of carbonyl (C=O) groups excluding carboxylic acids is 2. The molecule has 8 heteroatoms. The zero-order valence-electron chi connectivity index (χ0n) is 17.9. The lowest BCUT2D eigenvalue weighted by molar-refractivity contribution is -0.139. The van der Waals surface area contributed by atoms with Crippen molar-refractivity contribution in [1.82, 2.24) is 26.0 Å². The summed E-state index contributed by atoms with van der Waals surface area (Å²) in [6, 6.07) is 0.447. The normalized spacial score (nSPS) is 36.6. The van der Waals surface area contributed by atoms with E-state index in [1.165, 1.54) is 25.7 Å². The van der Waals surface area contributed by atoms with Crippen LogP contribution in [-0.4, -0.2) is 85.7 Å². The second-order valence-electron chi connectivity index (χ2n) is 9.13. The van der Waals surface area contributed by atoms with Crippen molar-refractivity contribution in [3.05, 3.63) is 0 Å². The van der Waals surface area contributed by atoms with Crippen molar-refractivity contribution >= 4 is 11.8 Å². The largest absolute Gasteiger partial charge is 0.383 e. The molecule has 0 bridgehead atoms. The molecular weight excluding hydrogens is 370 g/mol. The van der Waals surface area contributed by atoms with E-state index in [2.05, 4.69) is 16.2 Å². The summed E-state index contributed by atoms with van der Waals surface area (Å²) in [4.78, 5) is 30.2. The molecule has 0 radical (unpaired) electrons. The third kappa shape index (κ3) is 4.31. The maximum atomic E-state index is 13.3. The lowest BCUT2D eigenvalue weighted by Crippen LogP contribution is -2.55.